The molecule has 2 heterocycles. The van der Waals surface area contributed by atoms with E-state index in [1.54, 1.807) is 7.11 Å². The standard InChI is InChI=1S/C20H20N2O4/c1-24-17-10-14-18(20(26-3)19(17)25-2)16(23)8-9-22(14)15-11-21-13-7-5-4-6-12(13)15/h4-7,10-11,21H,8-9H2,1-3H3. The fourth-order valence-electron chi connectivity index (χ4n) is 3.61. The van der Waals surface area contributed by atoms with Crippen LogP contribution in [0.5, 0.6) is 17.2 Å². The summed E-state index contributed by atoms with van der Waals surface area (Å²) in [4.78, 5) is 18.1. The van der Waals surface area contributed by atoms with Gasteiger partial charge in [0.25, 0.3) is 0 Å². The van der Waals surface area contributed by atoms with E-state index in [1.807, 2.05) is 30.5 Å². The van der Waals surface area contributed by atoms with E-state index in [4.69, 9.17) is 14.2 Å². The fourth-order valence-corrected chi connectivity index (χ4v) is 3.61. The second-order valence-electron chi connectivity index (χ2n) is 6.08. The monoisotopic (exact) mass is 352 g/mol. The maximum atomic E-state index is 12.7. The van der Waals surface area contributed by atoms with E-state index in [9.17, 15) is 4.79 Å². The lowest BCUT2D eigenvalue weighted by molar-refractivity contribution is 0.0977. The highest BCUT2D eigenvalue weighted by molar-refractivity contribution is 6.09. The summed E-state index contributed by atoms with van der Waals surface area (Å²) in [5.41, 5.74) is 3.36. The number of carbonyl (C=O) groups is 1. The van der Waals surface area contributed by atoms with Gasteiger partial charge in [-0.15, -0.1) is 0 Å². The Kier molecular flexibility index (Phi) is 3.95. The molecule has 134 valence electrons. The molecule has 1 aliphatic heterocycles. The third-order valence-corrected chi connectivity index (χ3v) is 4.80. The van der Waals surface area contributed by atoms with Gasteiger partial charge in [0, 0.05) is 36.1 Å². The van der Waals surface area contributed by atoms with Gasteiger partial charge in [-0.2, -0.15) is 0 Å². The molecule has 3 aromatic rings. The van der Waals surface area contributed by atoms with Crippen LogP contribution in [0.15, 0.2) is 36.5 Å². The first-order chi connectivity index (χ1) is 12.7. The summed E-state index contributed by atoms with van der Waals surface area (Å²) < 4.78 is 16.5. The molecule has 0 amide bonds. The Morgan fingerprint density at radius 1 is 1.00 bits per heavy atom. The number of benzene rings is 2. The van der Waals surface area contributed by atoms with Gasteiger partial charge in [-0.05, 0) is 6.07 Å². The molecule has 1 N–H and O–H groups in total. The summed E-state index contributed by atoms with van der Waals surface area (Å²) in [5.74, 6) is 1.41. The molecule has 0 saturated heterocycles. The summed E-state index contributed by atoms with van der Waals surface area (Å²) in [7, 11) is 4.65. The van der Waals surface area contributed by atoms with Gasteiger partial charge in [0.15, 0.2) is 17.3 Å². The SMILES string of the molecule is COc1cc2c(c(OC)c1OC)C(=O)CCN2c1c[nH]c2ccccc12. The second-order valence-corrected chi connectivity index (χ2v) is 6.08. The first kappa shape index (κ1) is 16.3. The Hall–Kier alpha value is -3.15. The zero-order valence-corrected chi connectivity index (χ0v) is 15.0. The Morgan fingerprint density at radius 2 is 1.77 bits per heavy atom. The second kappa shape index (κ2) is 6.29. The molecule has 0 fully saturated rings. The number of anilines is 2. The predicted octanol–water partition coefficient (Wildman–Crippen LogP) is 3.92. The van der Waals surface area contributed by atoms with Crippen LogP contribution in [0.3, 0.4) is 0 Å². The van der Waals surface area contributed by atoms with E-state index in [0.717, 1.165) is 22.3 Å². The minimum atomic E-state index is 0.0360. The van der Waals surface area contributed by atoms with E-state index in [-0.39, 0.29) is 5.78 Å². The quantitative estimate of drug-likeness (QED) is 0.771. The maximum absolute atomic E-state index is 12.7. The number of rotatable bonds is 4. The zero-order chi connectivity index (χ0) is 18.3. The smallest absolute Gasteiger partial charge is 0.204 e. The zero-order valence-electron chi connectivity index (χ0n) is 15.0. The highest BCUT2D eigenvalue weighted by Crippen LogP contribution is 2.49. The molecule has 0 saturated carbocycles. The Balaban J connectivity index is 1.98. The number of aromatic nitrogens is 1. The van der Waals surface area contributed by atoms with Gasteiger partial charge in [-0.25, -0.2) is 0 Å². The molecule has 6 heteroatoms. The number of hydrogen-bond donors (Lipinski definition) is 1. The van der Waals surface area contributed by atoms with Crippen LogP contribution in [0.4, 0.5) is 11.4 Å². The van der Waals surface area contributed by atoms with Gasteiger partial charge in [0.1, 0.15) is 0 Å². The van der Waals surface area contributed by atoms with Gasteiger partial charge in [-0.1, -0.05) is 18.2 Å². The van der Waals surface area contributed by atoms with Crippen molar-refractivity contribution < 1.29 is 19.0 Å². The van der Waals surface area contributed by atoms with Crippen LogP contribution in [0.1, 0.15) is 16.8 Å². The van der Waals surface area contributed by atoms with E-state index < -0.39 is 0 Å². The number of nitrogens with zero attached hydrogens (tertiary/aromatic N) is 1. The molecule has 26 heavy (non-hydrogen) atoms. The molecule has 0 spiro atoms. The predicted molar refractivity (Wildman–Crippen MR) is 100 cm³/mol. The summed E-state index contributed by atoms with van der Waals surface area (Å²) in [6, 6.07) is 9.94. The summed E-state index contributed by atoms with van der Waals surface area (Å²) >= 11 is 0. The van der Waals surface area contributed by atoms with Gasteiger partial charge >= 0.3 is 0 Å². The van der Waals surface area contributed by atoms with E-state index in [2.05, 4.69) is 16.0 Å². The van der Waals surface area contributed by atoms with Crippen LogP contribution >= 0.6 is 0 Å². The Morgan fingerprint density at radius 3 is 2.50 bits per heavy atom. The molecule has 0 bridgehead atoms. The molecule has 1 aliphatic rings. The maximum Gasteiger partial charge on any atom is 0.204 e. The third kappa shape index (κ3) is 2.29. The van der Waals surface area contributed by atoms with Gasteiger partial charge in [0.05, 0.1) is 38.3 Å². The fraction of sp³-hybridized carbons (Fsp3) is 0.250. The number of H-pyrrole nitrogens is 1. The number of hydrogen-bond acceptors (Lipinski definition) is 5. The van der Waals surface area contributed by atoms with Gasteiger partial charge in [0.2, 0.25) is 5.75 Å². The van der Waals surface area contributed by atoms with Crippen molar-refractivity contribution in [1.82, 2.24) is 4.98 Å². The number of ether oxygens (including phenoxy) is 3. The molecule has 1 aromatic heterocycles. The molecule has 0 atom stereocenters. The number of fused-ring (bicyclic) bond motifs is 2. The van der Waals surface area contributed by atoms with Gasteiger partial charge in [-0.3, -0.25) is 4.79 Å². The minimum absolute atomic E-state index is 0.0360. The first-order valence-electron chi connectivity index (χ1n) is 8.39. The number of ketones is 1. The largest absolute Gasteiger partial charge is 0.493 e. The molecular weight excluding hydrogens is 332 g/mol. The Labute approximate surface area is 151 Å². The lowest BCUT2D eigenvalue weighted by atomic mass is 9.97. The van der Waals surface area contributed by atoms with Crippen LogP contribution in [0.25, 0.3) is 10.9 Å². The lowest BCUT2D eigenvalue weighted by Gasteiger charge is -2.32. The average molecular weight is 352 g/mol. The van der Waals surface area contributed by atoms with Crippen LogP contribution in [-0.4, -0.2) is 38.6 Å². The van der Waals surface area contributed by atoms with Gasteiger partial charge < -0.3 is 24.1 Å². The van der Waals surface area contributed by atoms with Crippen LogP contribution in [0.2, 0.25) is 0 Å². The van der Waals surface area contributed by atoms with Crippen molar-refractivity contribution in [2.45, 2.75) is 6.42 Å². The minimum Gasteiger partial charge on any atom is -0.493 e. The number of aromatic amines is 1. The molecule has 4 rings (SSSR count). The van der Waals surface area contributed by atoms with Crippen molar-refractivity contribution in [3.63, 3.8) is 0 Å². The molecule has 0 unspecified atom stereocenters. The van der Waals surface area contributed by atoms with Crippen molar-refractivity contribution in [2.24, 2.45) is 0 Å². The van der Waals surface area contributed by atoms with E-state index in [1.165, 1.54) is 14.2 Å². The molecular formula is C20H20N2O4. The number of para-hydroxylation sites is 1. The molecule has 6 nitrogen and oxygen atoms in total. The highest BCUT2D eigenvalue weighted by Gasteiger charge is 2.32. The number of Topliss-reactive ketones (excluding diaryl/α,β-unsaturated/α-hetero) is 1. The summed E-state index contributed by atoms with van der Waals surface area (Å²) in [6.07, 6.45) is 2.37. The topological polar surface area (TPSA) is 63.8 Å². The number of methoxy groups -OCH3 is 3. The van der Waals surface area contributed by atoms with Crippen LogP contribution in [-0.2, 0) is 0 Å². The van der Waals surface area contributed by atoms with E-state index in [0.29, 0.717) is 35.8 Å². The average Bonchev–Trinajstić information content (AvgIpc) is 3.10. The van der Waals surface area contributed by atoms with Crippen molar-refractivity contribution in [3.05, 3.63) is 42.1 Å². The number of carbonyl (C=O) groups excluding carboxylic acids is 1. The van der Waals surface area contributed by atoms with Crippen LogP contribution in [0, 0.1) is 0 Å². The molecule has 2 aromatic carbocycles. The lowest BCUT2D eigenvalue weighted by Crippen LogP contribution is -2.28. The summed E-state index contributed by atoms with van der Waals surface area (Å²) in [6.45, 7) is 0.590. The molecule has 0 aliphatic carbocycles. The summed E-state index contributed by atoms with van der Waals surface area (Å²) in [5, 5.41) is 1.10. The third-order valence-electron chi connectivity index (χ3n) is 4.80. The van der Waals surface area contributed by atoms with Crippen molar-refractivity contribution >= 4 is 28.1 Å². The first-order valence-corrected chi connectivity index (χ1v) is 8.39. The Bertz CT molecular complexity index is 993. The molecule has 0 radical (unpaired) electrons. The van der Waals surface area contributed by atoms with E-state index >= 15 is 0 Å². The van der Waals surface area contributed by atoms with Crippen molar-refractivity contribution in [2.75, 3.05) is 32.8 Å². The number of nitrogens with one attached hydrogen (secondary N) is 1. The normalized spacial score (nSPS) is 13.7. The van der Waals surface area contributed by atoms with Crippen LogP contribution < -0.4 is 19.1 Å². The van der Waals surface area contributed by atoms with Crippen molar-refractivity contribution in [3.8, 4) is 17.2 Å². The van der Waals surface area contributed by atoms with Crippen molar-refractivity contribution in [1.29, 1.82) is 0 Å². The highest BCUT2D eigenvalue weighted by atomic mass is 16.5.